The van der Waals surface area contributed by atoms with Crippen LogP contribution in [0.5, 0.6) is 0 Å². The number of nitrogens with zero attached hydrogens (tertiary/aromatic N) is 2. The summed E-state index contributed by atoms with van der Waals surface area (Å²) in [7, 11) is -3.88. The number of nitrogens with one attached hydrogen (secondary N) is 2. The molecule has 1 fully saturated rings. The first-order valence-corrected chi connectivity index (χ1v) is 10.3. The van der Waals surface area contributed by atoms with Gasteiger partial charge in [-0.25, -0.2) is 17.8 Å². The summed E-state index contributed by atoms with van der Waals surface area (Å²) in [5, 5.41) is 2.80. The molecule has 1 aliphatic heterocycles. The molecule has 1 atom stereocenters. The van der Waals surface area contributed by atoms with E-state index < -0.39 is 27.8 Å². The van der Waals surface area contributed by atoms with Crippen molar-refractivity contribution in [3.63, 3.8) is 0 Å². The predicted octanol–water partition coefficient (Wildman–Crippen LogP) is 2.80. The highest BCUT2D eigenvalue weighted by molar-refractivity contribution is 7.89. The van der Waals surface area contributed by atoms with Crippen molar-refractivity contribution in [2.75, 3.05) is 11.9 Å². The zero-order chi connectivity index (χ0) is 19.9. The Morgan fingerprint density at radius 2 is 2.00 bits per heavy atom. The molecule has 7 nitrogen and oxygen atoms in total. The summed E-state index contributed by atoms with van der Waals surface area (Å²) in [5.41, 5.74) is 2.14. The van der Waals surface area contributed by atoms with E-state index in [2.05, 4.69) is 15.3 Å². The van der Waals surface area contributed by atoms with E-state index in [0.717, 1.165) is 29.0 Å². The standard InChI is InChI=1S/C19H19FN4O3S/c1-12-21-16-9-6-14(11-17(16)22-12)23-19(25)18-3-2-10-24(18)28(26,27)15-7-4-13(20)5-8-15/h4-9,11,18H,2-3,10H2,1H3,(H,21,22)(H,23,25)/t18-/m1/s1. The van der Waals surface area contributed by atoms with Crippen LogP contribution in [0.15, 0.2) is 47.4 Å². The van der Waals surface area contributed by atoms with Gasteiger partial charge in [-0.1, -0.05) is 0 Å². The summed E-state index contributed by atoms with van der Waals surface area (Å²) in [6, 6.07) is 9.10. The van der Waals surface area contributed by atoms with Crippen LogP contribution in [0, 0.1) is 12.7 Å². The van der Waals surface area contributed by atoms with E-state index in [0.29, 0.717) is 18.5 Å². The molecule has 0 unspecified atom stereocenters. The van der Waals surface area contributed by atoms with Crippen LogP contribution in [0.25, 0.3) is 11.0 Å². The monoisotopic (exact) mass is 402 g/mol. The number of aromatic amines is 1. The number of aromatic nitrogens is 2. The average Bonchev–Trinajstić information content (AvgIpc) is 3.28. The van der Waals surface area contributed by atoms with Crippen molar-refractivity contribution in [1.82, 2.24) is 14.3 Å². The van der Waals surface area contributed by atoms with Gasteiger partial charge in [0, 0.05) is 12.2 Å². The Hall–Kier alpha value is -2.78. The molecule has 146 valence electrons. The van der Waals surface area contributed by atoms with Gasteiger partial charge in [-0.3, -0.25) is 4.79 Å². The van der Waals surface area contributed by atoms with Crippen molar-refractivity contribution in [2.45, 2.75) is 30.7 Å². The largest absolute Gasteiger partial charge is 0.342 e. The van der Waals surface area contributed by atoms with E-state index >= 15 is 0 Å². The number of imidazole rings is 1. The van der Waals surface area contributed by atoms with Gasteiger partial charge in [0.2, 0.25) is 15.9 Å². The van der Waals surface area contributed by atoms with E-state index in [1.54, 1.807) is 18.2 Å². The van der Waals surface area contributed by atoms with Crippen LogP contribution in [-0.2, 0) is 14.8 Å². The van der Waals surface area contributed by atoms with E-state index in [1.165, 1.54) is 16.4 Å². The number of rotatable bonds is 4. The normalized spacial score (nSPS) is 17.9. The minimum Gasteiger partial charge on any atom is -0.342 e. The third-order valence-electron chi connectivity index (χ3n) is 4.79. The fraction of sp³-hybridized carbons (Fsp3) is 0.263. The van der Waals surface area contributed by atoms with Gasteiger partial charge in [0.05, 0.1) is 15.9 Å². The SMILES string of the molecule is Cc1nc2ccc(NC(=O)[C@H]3CCCN3S(=O)(=O)c3ccc(F)cc3)cc2[nH]1. The molecule has 0 aliphatic carbocycles. The van der Waals surface area contributed by atoms with Crippen molar-refractivity contribution in [1.29, 1.82) is 0 Å². The number of H-pyrrole nitrogens is 1. The van der Waals surface area contributed by atoms with Gasteiger partial charge in [-0.2, -0.15) is 4.31 Å². The summed E-state index contributed by atoms with van der Waals surface area (Å²) in [5.74, 6) is -0.135. The first-order valence-electron chi connectivity index (χ1n) is 8.89. The molecular formula is C19H19FN4O3S. The smallest absolute Gasteiger partial charge is 0.243 e. The second kappa shape index (κ2) is 6.99. The van der Waals surface area contributed by atoms with E-state index in [4.69, 9.17) is 0 Å². The second-order valence-electron chi connectivity index (χ2n) is 6.77. The molecule has 9 heteroatoms. The van der Waals surface area contributed by atoms with Gasteiger partial charge in [-0.15, -0.1) is 0 Å². The lowest BCUT2D eigenvalue weighted by Crippen LogP contribution is -2.43. The summed E-state index contributed by atoms with van der Waals surface area (Å²) in [6.45, 7) is 2.09. The number of hydrogen-bond donors (Lipinski definition) is 2. The molecule has 3 aromatic rings. The van der Waals surface area contributed by atoms with Crippen molar-refractivity contribution in [3.8, 4) is 0 Å². The number of sulfonamides is 1. The fourth-order valence-corrected chi connectivity index (χ4v) is 5.13. The van der Waals surface area contributed by atoms with Gasteiger partial charge < -0.3 is 10.3 Å². The van der Waals surface area contributed by atoms with Gasteiger partial charge in [0.15, 0.2) is 0 Å². The number of hydrogen-bond acceptors (Lipinski definition) is 4. The molecule has 1 aromatic heterocycles. The van der Waals surface area contributed by atoms with E-state index in [9.17, 15) is 17.6 Å². The molecule has 4 rings (SSSR count). The zero-order valence-corrected chi connectivity index (χ0v) is 16.0. The van der Waals surface area contributed by atoms with Gasteiger partial charge in [0.1, 0.15) is 17.7 Å². The molecule has 2 aromatic carbocycles. The zero-order valence-electron chi connectivity index (χ0n) is 15.1. The van der Waals surface area contributed by atoms with Gasteiger partial charge >= 0.3 is 0 Å². The highest BCUT2D eigenvalue weighted by atomic mass is 32.2. The highest BCUT2D eigenvalue weighted by Crippen LogP contribution is 2.27. The minimum atomic E-state index is -3.88. The topological polar surface area (TPSA) is 95.2 Å². The molecule has 2 heterocycles. The Labute approximate surface area is 161 Å². The van der Waals surface area contributed by atoms with Gasteiger partial charge in [-0.05, 0) is 62.2 Å². The molecule has 1 saturated heterocycles. The molecule has 1 amide bonds. The van der Waals surface area contributed by atoms with Crippen molar-refractivity contribution >= 4 is 32.7 Å². The van der Waals surface area contributed by atoms with E-state index in [-0.39, 0.29) is 11.4 Å². The minimum absolute atomic E-state index is 0.0250. The Bertz CT molecular complexity index is 1140. The van der Waals surface area contributed by atoms with Crippen LogP contribution in [0.1, 0.15) is 18.7 Å². The number of halogens is 1. The summed E-state index contributed by atoms with van der Waals surface area (Å²) >= 11 is 0. The van der Waals surface area contributed by atoms with E-state index in [1.807, 2.05) is 6.92 Å². The maximum atomic E-state index is 13.1. The number of carbonyl (C=O) groups excluding carboxylic acids is 1. The number of amides is 1. The van der Waals surface area contributed by atoms with Crippen LogP contribution < -0.4 is 5.32 Å². The number of carbonyl (C=O) groups is 1. The van der Waals surface area contributed by atoms with Crippen LogP contribution in [-0.4, -0.2) is 41.2 Å². The Morgan fingerprint density at radius 1 is 1.25 bits per heavy atom. The third-order valence-corrected chi connectivity index (χ3v) is 6.72. The van der Waals surface area contributed by atoms with Crippen LogP contribution in [0.4, 0.5) is 10.1 Å². The number of aryl methyl sites for hydroxylation is 1. The van der Waals surface area contributed by atoms with Crippen LogP contribution in [0.2, 0.25) is 0 Å². The lowest BCUT2D eigenvalue weighted by molar-refractivity contribution is -0.119. The summed E-state index contributed by atoms with van der Waals surface area (Å²) in [6.07, 6.45) is 1.01. The molecular weight excluding hydrogens is 383 g/mol. The molecule has 28 heavy (non-hydrogen) atoms. The fourth-order valence-electron chi connectivity index (χ4n) is 3.47. The first kappa shape index (κ1) is 18.6. The Morgan fingerprint density at radius 3 is 2.75 bits per heavy atom. The lowest BCUT2D eigenvalue weighted by atomic mass is 10.2. The third kappa shape index (κ3) is 3.38. The molecule has 0 radical (unpaired) electrons. The van der Waals surface area contributed by atoms with Crippen molar-refractivity contribution < 1.29 is 17.6 Å². The molecule has 0 bridgehead atoms. The van der Waals surface area contributed by atoms with Crippen LogP contribution >= 0.6 is 0 Å². The first-order chi connectivity index (χ1) is 13.3. The molecule has 0 spiro atoms. The predicted molar refractivity (Wildman–Crippen MR) is 103 cm³/mol. The maximum Gasteiger partial charge on any atom is 0.243 e. The van der Waals surface area contributed by atoms with Gasteiger partial charge in [0.25, 0.3) is 0 Å². The summed E-state index contributed by atoms with van der Waals surface area (Å²) < 4.78 is 40.1. The quantitative estimate of drug-likeness (QED) is 0.702. The number of anilines is 1. The average molecular weight is 402 g/mol. The highest BCUT2D eigenvalue weighted by Gasteiger charge is 2.39. The summed E-state index contributed by atoms with van der Waals surface area (Å²) in [4.78, 5) is 20.2. The van der Waals surface area contributed by atoms with Crippen LogP contribution in [0.3, 0.4) is 0 Å². The van der Waals surface area contributed by atoms with Crippen molar-refractivity contribution in [2.24, 2.45) is 0 Å². The molecule has 2 N–H and O–H groups in total. The second-order valence-corrected chi connectivity index (χ2v) is 8.66. The molecule has 1 aliphatic rings. The Kier molecular flexibility index (Phi) is 4.64. The maximum absolute atomic E-state index is 13.1. The molecule has 0 saturated carbocycles. The lowest BCUT2D eigenvalue weighted by Gasteiger charge is -2.23. The number of fused-ring (bicyclic) bond motifs is 1. The number of benzene rings is 2. The van der Waals surface area contributed by atoms with Crippen molar-refractivity contribution in [3.05, 3.63) is 54.1 Å². The Balaban J connectivity index is 1.56.